The molecule has 0 spiro atoms. The summed E-state index contributed by atoms with van der Waals surface area (Å²) in [6, 6.07) is 21.9. The summed E-state index contributed by atoms with van der Waals surface area (Å²) in [5, 5.41) is 12.3. The second-order valence-electron chi connectivity index (χ2n) is 7.18. The summed E-state index contributed by atoms with van der Waals surface area (Å²) in [6.45, 7) is 4.81. The van der Waals surface area contributed by atoms with Crippen molar-refractivity contribution in [2.45, 2.75) is 0 Å². The van der Waals surface area contributed by atoms with Crippen molar-refractivity contribution in [1.82, 2.24) is 14.9 Å². The molecule has 0 saturated carbocycles. The maximum absolute atomic E-state index is 9.06. The number of rotatable bonds is 6. The Balaban J connectivity index is 1.32. The SMILES string of the molecule is N#Cc1cccc(Nc2cc(N3CCN(C/C=C/c4ccccc4)CC3)ncn2)c1. The zero-order valence-corrected chi connectivity index (χ0v) is 16.8. The highest BCUT2D eigenvalue weighted by Gasteiger charge is 2.17. The Kier molecular flexibility index (Phi) is 6.33. The second-order valence-corrected chi connectivity index (χ2v) is 7.18. The largest absolute Gasteiger partial charge is 0.354 e. The van der Waals surface area contributed by atoms with Crippen LogP contribution >= 0.6 is 0 Å². The first-order chi connectivity index (χ1) is 14.8. The summed E-state index contributed by atoms with van der Waals surface area (Å²) >= 11 is 0. The molecule has 1 aliphatic rings. The first-order valence-electron chi connectivity index (χ1n) is 10.1. The molecule has 6 nitrogen and oxygen atoms in total. The van der Waals surface area contributed by atoms with Crippen LogP contribution in [0.4, 0.5) is 17.3 Å². The van der Waals surface area contributed by atoms with E-state index in [2.05, 4.69) is 67.6 Å². The lowest BCUT2D eigenvalue weighted by molar-refractivity contribution is 0.283. The third kappa shape index (κ3) is 5.22. The molecule has 1 saturated heterocycles. The van der Waals surface area contributed by atoms with Crippen LogP contribution < -0.4 is 10.2 Å². The lowest BCUT2D eigenvalue weighted by atomic mass is 10.2. The lowest BCUT2D eigenvalue weighted by Gasteiger charge is -2.34. The van der Waals surface area contributed by atoms with E-state index >= 15 is 0 Å². The number of nitrogens with zero attached hydrogens (tertiary/aromatic N) is 5. The molecule has 0 radical (unpaired) electrons. The summed E-state index contributed by atoms with van der Waals surface area (Å²) in [7, 11) is 0. The fourth-order valence-electron chi connectivity index (χ4n) is 3.46. The molecule has 30 heavy (non-hydrogen) atoms. The van der Waals surface area contributed by atoms with Gasteiger partial charge in [-0.2, -0.15) is 5.26 Å². The molecule has 6 heteroatoms. The first-order valence-corrected chi connectivity index (χ1v) is 10.1. The lowest BCUT2D eigenvalue weighted by Crippen LogP contribution is -2.46. The fourth-order valence-corrected chi connectivity index (χ4v) is 3.46. The van der Waals surface area contributed by atoms with E-state index in [1.165, 1.54) is 5.56 Å². The molecule has 0 amide bonds. The molecule has 2 heterocycles. The standard InChI is InChI=1S/C24H24N6/c25-18-21-8-4-10-22(16-21)28-23-17-24(27-19-26-23)30-14-12-29(13-15-30)11-5-9-20-6-2-1-3-7-20/h1-10,16-17,19H,11-15H2,(H,26,27,28)/b9-5+. The van der Waals surface area contributed by atoms with Crippen molar-refractivity contribution < 1.29 is 0 Å². The Hall–Kier alpha value is -3.69. The third-order valence-corrected chi connectivity index (χ3v) is 5.09. The van der Waals surface area contributed by atoms with E-state index in [0.29, 0.717) is 5.56 Å². The van der Waals surface area contributed by atoms with Gasteiger partial charge in [-0.25, -0.2) is 9.97 Å². The maximum Gasteiger partial charge on any atom is 0.135 e. The topological polar surface area (TPSA) is 68.1 Å². The Morgan fingerprint density at radius 1 is 0.967 bits per heavy atom. The van der Waals surface area contributed by atoms with Gasteiger partial charge in [0.1, 0.15) is 18.0 Å². The van der Waals surface area contributed by atoms with Crippen LogP contribution in [0.25, 0.3) is 6.08 Å². The van der Waals surface area contributed by atoms with Crippen LogP contribution in [-0.4, -0.2) is 47.6 Å². The highest BCUT2D eigenvalue weighted by molar-refractivity contribution is 5.61. The average Bonchev–Trinajstić information content (AvgIpc) is 2.80. The smallest absolute Gasteiger partial charge is 0.135 e. The Morgan fingerprint density at radius 3 is 2.60 bits per heavy atom. The van der Waals surface area contributed by atoms with Crippen LogP contribution in [0.3, 0.4) is 0 Å². The number of hydrogen-bond donors (Lipinski definition) is 1. The molecule has 2 aromatic carbocycles. The molecule has 0 aliphatic carbocycles. The van der Waals surface area contributed by atoms with Crippen molar-refractivity contribution in [2.75, 3.05) is 42.9 Å². The molecule has 4 rings (SSSR count). The van der Waals surface area contributed by atoms with E-state index in [-0.39, 0.29) is 0 Å². The number of nitrogens with one attached hydrogen (secondary N) is 1. The summed E-state index contributed by atoms with van der Waals surface area (Å²) in [5.41, 5.74) is 2.69. The molecule has 150 valence electrons. The molecule has 0 atom stereocenters. The van der Waals surface area contributed by atoms with Gasteiger partial charge in [0.05, 0.1) is 11.6 Å². The number of aromatic nitrogens is 2. The second kappa shape index (κ2) is 9.68. The highest BCUT2D eigenvalue weighted by Crippen LogP contribution is 2.20. The monoisotopic (exact) mass is 396 g/mol. The van der Waals surface area contributed by atoms with Crippen LogP contribution in [0.2, 0.25) is 0 Å². The zero-order valence-electron chi connectivity index (χ0n) is 16.8. The van der Waals surface area contributed by atoms with E-state index in [1.54, 1.807) is 12.4 Å². The van der Waals surface area contributed by atoms with Gasteiger partial charge in [0, 0.05) is 44.5 Å². The molecule has 1 aliphatic heterocycles. The number of anilines is 3. The van der Waals surface area contributed by atoms with Gasteiger partial charge in [-0.1, -0.05) is 48.6 Å². The quantitative estimate of drug-likeness (QED) is 0.681. The van der Waals surface area contributed by atoms with Gasteiger partial charge in [-0.05, 0) is 23.8 Å². The summed E-state index contributed by atoms with van der Waals surface area (Å²) in [5.74, 6) is 1.65. The van der Waals surface area contributed by atoms with Crippen molar-refractivity contribution in [3.8, 4) is 6.07 Å². The van der Waals surface area contributed by atoms with Crippen LogP contribution in [0.15, 0.2) is 73.1 Å². The van der Waals surface area contributed by atoms with Crippen molar-refractivity contribution in [3.05, 3.63) is 84.2 Å². The van der Waals surface area contributed by atoms with Gasteiger partial charge in [-0.3, -0.25) is 4.90 Å². The number of piperazine rings is 1. The number of nitriles is 1. The molecular weight excluding hydrogens is 372 g/mol. The van der Waals surface area contributed by atoms with Crippen LogP contribution in [-0.2, 0) is 0 Å². The van der Waals surface area contributed by atoms with Crippen molar-refractivity contribution >= 4 is 23.4 Å². The Morgan fingerprint density at radius 2 is 1.80 bits per heavy atom. The normalized spacial score (nSPS) is 14.6. The van der Waals surface area contributed by atoms with E-state index in [9.17, 15) is 0 Å². The number of benzene rings is 2. The van der Waals surface area contributed by atoms with Gasteiger partial charge < -0.3 is 10.2 Å². The first kappa shape index (κ1) is 19.6. The van der Waals surface area contributed by atoms with Gasteiger partial charge in [0.2, 0.25) is 0 Å². The minimum absolute atomic E-state index is 0.617. The fraction of sp³-hybridized carbons (Fsp3) is 0.208. The van der Waals surface area contributed by atoms with Gasteiger partial charge >= 0.3 is 0 Å². The van der Waals surface area contributed by atoms with E-state index in [4.69, 9.17) is 5.26 Å². The summed E-state index contributed by atoms with van der Waals surface area (Å²) in [6.07, 6.45) is 5.99. The molecule has 1 aromatic heterocycles. The van der Waals surface area contributed by atoms with Gasteiger partial charge in [0.25, 0.3) is 0 Å². The molecule has 1 fully saturated rings. The predicted octanol–water partition coefficient (Wildman–Crippen LogP) is 3.93. The average molecular weight is 396 g/mol. The molecule has 0 bridgehead atoms. The van der Waals surface area contributed by atoms with Crippen LogP contribution in [0, 0.1) is 11.3 Å². The highest BCUT2D eigenvalue weighted by atomic mass is 15.3. The Bertz CT molecular complexity index is 1030. The minimum Gasteiger partial charge on any atom is -0.354 e. The van der Waals surface area contributed by atoms with Crippen LogP contribution in [0.5, 0.6) is 0 Å². The van der Waals surface area contributed by atoms with Crippen molar-refractivity contribution in [1.29, 1.82) is 5.26 Å². The van der Waals surface area contributed by atoms with Crippen LogP contribution in [0.1, 0.15) is 11.1 Å². The van der Waals surface area contributed by atoms with E-state index < -0.39 is 0 Å². The predicted molar refractivity (Wildman–Crippen MR) is 121 cm³/mol. The Labute approximate surface area is 177 Å². The van der Waals surface area contributed by atoms with Crippen molar-refractivity contribution in [3.63, 3.8) is 0 Å². The number of hydrogen-bond acceptors (Lipinski definition) is 6. The third-order valence-electron chi connectivity index (χ3n) is 5.09. The summed E-state index contributed by atoms with van der Waals surface area (Å²) < 4.78 is 0. The summed E-state index contributed by atoms with van der Waals surface area (Å²) in [4.78, 5) is 13.5. The van der Waals surface area contributed by atoms with Gasteiger partial charge in [0.15, 0.2) is 0 Å². The zero-order chi connectivity index (χ0) is 20.6. The molecular formula is C24H24N6. The molecule has 1 N–H and O–H groups in total. The maximum atomic E-state index is 9.06. The minimum atomic E-state index is 0.617. The molecule has 0 unspecified atom stereocenters. The van der Waals surface area contributed by atoms with Crippen molar-refractivity contribution in [2.24, 2.45) is 0 Å². The van der Waals surface area contributed by atoms with E-state index in [0.717, 1.165) is 50.0 Å². The van der Waals surface area contributed by atoms with Gasteiger partial charge in [-0.15, -0.1) is 0 Å². The molecule has 3 aromatic rings. The van der Waals surface area contributed by atoms with E-state index in [1.807, 2.05) is 30.3 Å².